The molecule has 5 nitrogen and oxygen atoms in total. The molecule has 0 aliphatic carbocycles. The predicted molar refractivity (Wildman–Crippen MR) is 80.5 cm³/mol. The Bertz CT molecular complexity index is 469. The fourth-order valence-electron chi connectivity index (χ4n) is 2.41. The van der Waals surface area contributed by atoms with Gasteiger partial charge in [0.1, 0.15) is 11.3 Å². The average molecular weight is 293 g/mol. The van der Waals surface area contributed by atoms with Crippen LogP contribution in [0.5, 0.6) is 5.75 Å². The molecule has 21 heavy (non-hydrogen) atoms. The zero-order chi connectivity index (χ0) is 15.1. The van der Waals surface area contributed by atoms with E-state index in [2.05, 4.69) is 0 Å². The van der Waals surface area contributed by atoms with E-state index in [0.717, 1.165) is 32.3 Å². The lowest BCUT2D eigenvalue weighted by Crippen LogP contribution is -2.11. The molecule has 0 radical (unpaired) electrons. The van der Waals surface area contributed by atoms with Crippen molar-refractivity contribution in [3.8, 4) is 5.75 Å². The molecule has 0 saturated carbocycles. The van der Waals surface area contributed by atoms with Crippen LogP contribution < -0.4 is 10.5 Å². The van der Waals surface area contributed by atoms with E-state index in [4.69, 9.17) is 19.9 Å². The summed E-state index contributed by atoms with van der Waals surface area (Å²) in [5, 5.41) is 0. The number of hydrogen-bond donors (Lipinski definition) is 1. The molecule has 2 N–H and O–H groups in total. The summed E-state index contributed by atoms with van der Waals surface area (Å²) < 4.78 is 16.3. The number of nitrogen functional groups attached to an aromatic ring is 1. The lowest BCUT2D eigenvalue weighted by Gasteiger charge is -2.13. The van der Waals surface area contributed by atoms with E-state index >= 15 is 0 Å². The first-order valence-corrected chi connectivity index (χ1v) is 7.51. The fourth-order valence-corrected chi connectivity index (χ4v) is 2.41. The molecule has 1 atom stereocenters. The number of esters is 1. The molecule has 1 saturated heterocycles. The van der Waals surface area contributed by atoms with Gasteiger partial charge in [-0.1, -0.05) is 0 Å². The zero-order valence-electron chi connectivity index (χ0n) is 12.5. The van der Waals surface area contributed by atoms with Gasteiger partial charge >= 0.3 is 5.97 Å². The highest BCUT2D eigenvalue weighted by molar-refractivity contribution is 5.93. The third kappa shape index (κ3) is 4.63. The molecule has 1 unspecified atom stereocenters. The molecule has 5 heteroatoms. The summed E-state index contributed by atoms with van der Waals surface area (Å²) >= 11 is 0. The van der Waals surface area contributed by atoms with Crippen LogP contribution in [0.25, 0.3) is 0 Å². The standard InChI is InChI=1S/C16H23NO4/c1-2-19-16(18)14-11-12(17)7-8-15(14)21-10-4-6-13-5-3-9-20-13/h7-8,11,13H,2-6,9-10,17H2,1H3. The van der Waals surface area contributed by atoms with Gasteiger partial charge in [-0.2, -0.15) is 0 Å². The van der Waals surface area contributed by atoms with Crippen molar-refractivity contribution in [3.63, 3.8) is 0 Å². The minimum atomic E-state index is -0.404. The van der Waals surface area contributed by atoms with E-state index < -0.39 is 5.97 Å². The molecular weight excluding hydrogens is 270 g/mol. The molecule has 1 fully saturated rings. The Morgan fingerprint density at radius 3 is 3.05 bits per heavy atom. The summed E-state index contributed by atoms with van der Waals surface area (Å²) in [6, 6.07) is 5.03. The van der Waals surface area contributed by atoms with Crippen LogP contribution in [0, 0.1) is 0 Å². The number of nitrogens with two attached hydrogens (primary N) is 1. The lowest BCUT2D eigenvalue weighted by molar-refractivity contribution is 0.0521. The molecule has 0 bridgehead atoms. The predicted octanol–water partition coefficient (Wildman–Crippen LogP) is 2.78. The van der Waals surface area contributed by atoms with E-state index in [1.165, 1.54) is 0 Å². The van der Waals surface area contributed by atoms with Gasteiger partial charge in [-0.25, -0.2) is 4.79 Å². The summed E-state index contributed by atoms with van der Waals surface area (Å²) in [6.45, 7) is 3.52. The van der Waals surface area contributed by atoms with Gasteiger partial charge in [0, 0.05) is 12.3 Å². The summed E-state index contributed by atoms with van der Waals surface area (Å²) in [5.41, 5.74) is 6.62. The maximum absolute atomic E-state index is 11.9. The second-order valence-corrected chi connectivity index (χ2v) is 5.10. The van der Waals surface area contributed by atoms with E-state index in [1.807, 2.05) is 0 Å². The molecule has 1 aromatic rings. The van der Waals surface area contributed by atoms with Gasteiger partial charge in [0.05, 0.1) is 19.3 Å². The number of rotatable bonds is 7. The van der Waals surface area contributed by atoms with Crippen molar-refractivity contribution in [2.45, 2.75) is 38.7 Å². The van der Waals surface area contributed by atoms with Crippen LogP contribution in [0.4, 0.5) is 5.69 Å². The third-order valence-corrected chi connectivity index (χ3v) is 3.45. The Morgan fingerprint density at radius 1 is 1.48 bits per heavy atom. The molecule has 116 valence electrons. The van der Waals surface area contributed by atoms with Gasteiger partial charge in [-0.05, 0) is 50.8 Å². The molecule has 0 amide bonds. The van der Waals surface area contributed by atoms with Gasteiger partial charge in [0.2, 0.25) is 0 Å². The molecule has 1 aromatic carbocycles. The third-order valence-electron chi connectivity index (χ3n) is 3.45. The van der Waals surface area contributed by atoms with Crippen molar-refractivity contribution in [1.29, 1.82) is 0 Å². The van der Waals surface area contributed by atoms with Gasteiger partial charge in [-0.15, -0.1) is 0 Å². The highest BCUT2D eigenvalue weighted by atomic mass is 16.5. The first-order valence-electron chi connectivity index (χ1n) is 7.51. The number of hydrogen-bond acceptors (Lipinski definition) is 5. The molecule has 0 aromatic heterocycles. The zero-order valence-corrected chi connectivity index (χ0v) is 12.5. The summed E-state index contributed by atoms with van der Waals surface area (Å²) in [5.74, 6) is 0.119. The Morgan fingerprint density at radius 2 is 2.33 bits per heavy atom. The van der Waals surface area contributed by atoms with Crippen LogP contribution >= 0.6 is 0 Å². The second-order valence-electron chi connectivity index (χ2n) is 5.10. The van der Waals surface area contributed by atoms with E-state index in [-0.39, 0.29) is 0 Å². The monoisotopic (exact) mass is 293 g/mol. The summed E-state index contributed by atoms with van der Waals surface area (Å²) in [4.78, 5) is 11.9. The lowest BCUT2D eigenvalue weighted by atomic mass is 10.1. The van der Waals surface area contributed by atoms with Gasteiger partial charge in [0.25, 0.3) is 0 Å². The highest BCUT2D eigenvalue weighted by Crippen LogP contribution is 2.23. The minimum Gasteiger partial charge on any atom is -0.493 e. The SMILES string of the molecule is CCOC(=O)c1cc(N)ccc1OCCCC1CCCO1. The Labute approximate surface area is 125 Å². The first-order chi connectivity index (χ1) is 10.2. The van der Waals surface area contributed by atoms with Crippen LogP contribution in [-0.4, -0.2) is 31.9 Å². The first kappa shape index (κ1) is 15.6. The number of anilines is 1. The average Bonchev–Trinajstić information content (AvgIpc) is 2.98. The van der Waals surface area contributed by atoms with Crippen molar-refractivity contribution in [3.05, 3.63) is 23.8 Å². The maximum Gasteiger partial charge on any atom is 0.341 e. The molecular formula is C16H23NO4. The summed E-state index contributed by atoms with van der Waals surface area (Å²) in [6.07, 6.45) is 4.54. The number of carbonyl (C=O) groups is 1. The number of ether oxygens (including phenoxy) is 3. The second kappa shape index (κ2) is 7.88. The molecule has 1 aliphatic rings. The smallest absolute Gasteiger partial charge is 0.341 e. The topological polar surface area (TPSA) is 70.8 Å². The molecule has 2 rings (SSSR count). The quantitative estimate of drug-likeness (QED) is 0.475. The van der Waals surface area contributed by atoms with E-state index in [9.17, 15) is 4.79 Å². The van der Waals surface area contributed by atoms with E-state index in [0.29, 0.717) is 36.3 Å². The molecule has 1 aliphatic heterocycles. The summed E-state index contributed by atoms with van der Waals surface area (Å²) in [7, 11) is 0. The number of carbonyl (C=O) groups excluding carboxylic acids is 1. The van der Waals surface area contributed by atoms with Crippen LogP contribution in [0.3, 0.4) is 0 Å². The Balaban J connectivity index is 1.87. The van der Waals surface area contributed by atoms with Crippen molar-refractivity contribution < 1.29 is 19.0 Å². The number of benzene rings is 1. The fraction of sp³-hybridized carbons (Fsp3) is 0.562. The molecule has 0 spiro atoms. The Kier molecular flexibility index (Phi) is 5.87. The van der Waals surface area contributed by atoms with Gasteiger partial charge < -0.3 is 19.9 Å². The van der Waals surface area contributed by atoms with Gasteiger partial charge in [0.15, 0.2) is 0 Å². The van der Waals surface area contributed by atoms with Crippen LogP contribution in [0.2, 0.25) is 0 Å². The largest absolute Gasteiger partial charge is 0.493 e. The normalized spacial score (nSPS) is 17.7. The van der Waals surface area contributed by atoms with Gasteiger partial charge in [-0.3, -0.25) is 0 Å². The van der Waals surface area contributed by atoms with Crippen molar-refractivity contribution in [2.75, 3.05) is 25.6 Å². The van der Waals surface area contributed by atoms with Crippen molar-refractivity contribution >= 4 is 11.7 Å². The molecule has 1 heterocycles. The van der Waals surface area contributed by atoms with Crippen LogP contribution in [0.1, 0.15) is 43.0 Å². The van der Waals surface area contributed by atoms with Crippen LogP contribution in [0.15, 0.2) is 18.2 Å². The minimum absolute atomic E-state index is 0.325. The van der Waals surface area contributed by atoms with E-state index in [1.54, 1.807) is 25.1 Å². The Hall–Kier alpha value is -1.75. The van der Waals surface area contributed by atoms with Crippen LogP contribution in [-0.2, 0) is 9.47 Å². The maximum atomic E-state index is 11.9. The van der Waals surface area contributed by atoms with Crippen molar-refractivity contribution in [1.82, 2.24) is 0 Å². The van der Waals surface area contributed by atoms with Crippen molar-refractivity contribution in [2.24, 2.45) is 0 Å². The highest BCUT2D eigenvalue weighted by Gasteiger charge is 2.16.